The molecule has 0 heterocycles. The van der Waals surface area contributed by atoms with Crippen LogP contribution in [0.25, 0.3) is 0 Å². The first kappa shape index (κ1) is 15.3. The Hall–Kier alpha value is -2.14. The Morgan fingerprint density at radius 1 is 1.19 bits per heavy atom. The van der Waals surface area contributed by atoms with Crippen molar-refractivity contribution in [2.75, 3.05) is 0 Å². The molecule has 0 aromatic heterocycles. The van der Waals surface area contributed by atoms with Gasteiger partial charge in [-0.25, -0.2) is 8.42 Å². The molecule has 1 N–H and O–H groups in total. The highest BCUT2D eigenvalue weighted by atomic mass is 32.2. The van der Waals surface area contributed by atoms with E-state index >= 15 is 0 Å². The Balaban J connectivity index is 2.45. The maximum atomic E-state index is 12.6. The molecule has 0 aliphatic heterocycles. The lowest BCUT2D eigenvalue weighted by Crippen LogP contribution is -2.39. The predicted molar refractivity (Wildman–Crippen MR) is 83.1 cm³/mol. The Bertz CT molecular complexity index is 689. The molecule has 0 spiro atoms. The molecule has 110 valence electrons. The Morgan fingerprint density at radius 2 is 1.90 bits per heavy atom. The first-order valence-corrected chi connectivity index (χ1v) is 8.08. The van der Waals surface area contributed by atoms with E-state index in [0.717, 1.165) is 17.2 Å². The van der Waals surface area contributed by atoms with Crippen molar-refractivity contribution in [2.24, 2.45) is 0 Å². The van der Waals surface area contributed by atoms with E-state index in [9.17, 15) is 13.2 Å². The van der Waals surface area contributed by atoms with Crippen LogP contribution in [0.5, 0.6) is 0 Å². The fourth-order valence-corrected chi connectivity index (χ4v) is 3.79. The number of sulfone groups is 1. The standard InChI is InChI=1S/C16H17NO3S/c1-16(21(19,20)12-11-17-13-18)10-6-5-9-15(16)14-7-3-2-4-8-14/h2-13,15H,1H3,(H,17,18)/b12-11+. The molecule has 1 aromatic carbocycles. The first-order chi connectivity index (χ1) is 10.0. The van der Waals surface area contributed by atoms with Gasteiger partial charge in [-0.1, -0.05) is 54.6 Å². The van der Waals surface area contributed by atoms with Crippen molar-refractivity contribution in [3.63, 3.8) is 0 Å². The third-order valence-electron chi connectivity index (χ3n) is 3.64. The van der Waals surface area contributed by atoms with Crippen molar-refractivity contribution in [2.45, 2.75) is 17.6 Å². The summed E-state index contributed by atoms with van der Waals surface area (Å²) in [4.78, 5) is 10.3. The summed E-state index contributed by atoms with van der Waals surface area (Å²) in [7, 11) is -3.59. The number of allylic oxidation sites excluding steroid dienone is 3. The summed E-state index contributed by atoms with van der Waals surface area (Å²) in [6.45, 7) is 1.69. The van der Waals surface area contributed by atoms with E-state index in [1.54, 1.807) is 19.1 Å². The largest absolute Gasteiger partial charge is 0.335 e. The van der Waals surface area contributed by atoms with E-state index < -0.39 is 14.6 Å². The molecular weight excluding hydrogens is 286 g/mol. The second-order valence-electron chi connectivity index (χ2n) is 4.95. The van der Waals surface area contributed by atoms with E-state index in [2.05, 4.69) is 5.32 Å². The molecule has 4 nitrogen and oxygen atoms in total. The van der Waals surface area contributed by atoms with E-state index in [1.807, 2.05) is 42.5 Å². The normalized spacial score (nSPS) is 25.1. The molecule has 0 saturated heterocycles. The second-order valence-corrected chi connectivity index (χ2v) is 7.19. The molecule has 1 aromatic rings. The molecule has 2 unspecified atom stereocenters. The van der Waals surface area contributed by atoms with Crippen LogP contribution < -0.4 is 5.32 Å². The van der Waals surface area contributed by atoms with Gasteiger partial charge in [-0.05, 0) is 12.5 Å². The van der Waals surface area contributed by atoms with Crippen LogP contribution in [0.2, 0.25) is 0 Å². The number of nitrogens with one attached hydrogen (secondary N) is 1. The maximum Gasteiger partial charge on any atom is 0.211 e. The minimum Gasteiger partial charge on any atom is -0.335 e. The lowest BCUT2D eigenvalue weighted by molar-refractivity contribution is -0.108. The van der Waals surface area contributed by atoms with Crippen LogP contribution in [0, 0.1) is 0 Å². The van der Waals surface area contributed by atoms with Crippen LogP contribution >= 0.6 is 0 Å². The third kappa shape index (κ3) is 2.97. The van der Waals surface area contributed by atoms with Crippen molar-refractivity contribution < 1.29 is 13.2 Å². The molecule has 2 rings (SSSR count). The molecule has 0 saturated carbocycles. The van der Waals surface area contributed by atoms with Crippen molar-refractivity contribution in [1.29, 1.82) is 0 Å². The smallest absolute Gasteiger partial charge is 0.211 e. The molecule has 5 heteroatoms. The molecule has 0 fully saturated rings. The summed E-state index contributed by atoms with van der Waals surface area (Å²) in [5.74, 6) is -0.283. The average molecular weight is 303 g/mol. The van der Waals surface area contributed by atoms with Gasteiger partial charge in [0.15, 0.2) is 9.84 Å². The van der Waals surface area contributed by atoms with Gasteiger partial charge in [0, 0.05) is 17.5 Å². The monoisotopic (exact) mass is 303 g/mol. The number of carbonyl (C=O) groups excluding carboxylic acids is 1. The molecule has 0 radical (unpaired) electrons. The lowest BCUT2D eigenvalue weighted by atomic mass is 9.83. The minimum atomic E-state index is -3.59. The summed E-state index contributed by atoms with van der Waals surface area (Å²) >= 11 is 0. The Morgan fingerprint density at radius 3 is 2.57 bits per heavy atom. The minimum absolute atomic E-state index is 0.283. The van der Waals surface area contributed by atoms with E-state index in [0.29, 0.717) is 6.41 Å². The molecule has 1 amide bonds. The van der Waals surface area contributed by atoms with Crippen molar-refractivity contribution in [3.8, 4) is 0 Å². The van der Waals surface area contributed by atoms with Gasteiger partial charge in [0.2, 0.25) is 6.41 Å². The zero-order chi connectivity index (χ0) is 15.3. The molecule has 21 heavy (non-hydrogen) atoms. The van der Waals surface area contributed by atoms with Crippen LogP contribution in [0.4, 0.5) is 0 Å². The number of rotatable bonds is 5. The number of carbonyl (C=O) groups is 1. The summed E-state index contributed by atoms with van der Waals surface area (Å²) in [5, 5.41) is 3.28. The Kier molecular flexibility index (Phi) is 4.43. The highest BCUT2D eigenvalue weighted by Crippen LogP contribution is 2.40. The van der Waals surface area contributed by atoms with Gasteiger partial charge in [-0.3, -0.25) is 4.79 Å². The quantitative estimate of drug-likeness (QED) is 0.849. The van der Waals surface area contributed by atoms with E-state index in [1.165, 1.54) is 0 Å². The maximum absolute atomic E-state index is 12.6. The van der Waals surface area contributed by atoms with Crippen LogP contribution in [0.3, 0.4) is 0 Å². The highest BCUT2D eigenvalue weighted by Gasteiger charge is 2.43. The SMILES string of the molecule is CC1(S(=O)(=O)/C=C/NC=O)C=CC=CC1c1ccccc1. The number of hydrogen-bond acceptors (Lipinski definition) is 3. The highest BCUT2D eigenvalue weighted by molar-refractivity contribution is 7.95. The fourth-order valence-electron chi connectivity index (χ4n) is 2.41. The second kappa shape index (κ2) is 6.10. The summed E-state index contributed by atoms with van der Waals surface area (Å²) in [6.07, 6.45) is 8.72. The number of benzene rings is 1. The van der Waals surface area contributed by atoms with E-state index in [4.69, 9.17) is 0 Å². The van der Waals surface area contributed by atoms with E-state index in [-0.39, 0.29) is 5.92 Å². The summed E-state index contributed by atoms with van der Waals surface area (Å²) in [6, 6.07) is 9.49. The molecule has 2 atom stereocenters. The molecule has 0 bridgehead atoms. The van der Waals surface area contributed by atoms with Gasteiger partial charge in [0.05, 0.1) is 0 Å². The van der Waals surface area contributed by atoms with Crippen molar-refractivity contribution in [1.82, 2.24) is 5.32 Å². The number of hydrogen-bond donors (Lipinski definition) is 1. The van der Waals surface area contributed by atoms with Crippen molar-refractivity contribution >= 4 is 16.2 Å². The molecular formula is C16H17NO3S. The zero-order valence-corrected chi connectivity index (χ0v) is 12.5. The molecule has 1 aliphatic rings. The van der Waals surface area contributed by atoms with Gasteiger partial charge in [0.1, 0.15) is 4.75 Å². The third-order valence-corrected chi connectivity index (χ3v) is 5.75. The van der Waals surface area contributed by atoms with Gasteiger partial charge in [0.25, 0.3) is 0 Å². The average Bonchev–Trinajstić information content (AvgIpc) is 2.48. The topological polar surface area (TPSA) is 63.2 Å². The molecule has 1 aliphatic carbocycles. The lowest BCUT2D eigenvalue weighted by Gasteiger charge is -2.34. The van der Waals surface area contributed by atoms with Crippen LogP contribution in [0.1, 0.15) is 18.4 Å². The zero-order valence-electron chi connectivity index (χ0n) is 11.6. The first-order valence-electron chi connectivity index (χ1n) is 6.53. The van der Waals surface area contributed by atoms with Gasteiger partial charge in [-0.2, -0.15) is 0 Å². The number of amides is 1. The van der Waals surface area contributed by atoms with Crippen molar-refractivity contribution in [3.05, 3.63) is 71.8 Å². The van der Waals surface area contributed by atoms with Crippen LogP contribution in [0.15, 0.2) is 66.2 Å². The van der Waals surface area contributed by atoms with Gasteiger partial charge >= 0.3 is 0 Å². The van der Waals surface area contributed by atoms with Crippen LogP contribution in [-0.2, 0) is 14.6 Å². The van der Waals surface area contributed by atoms with Gasteiger partial charge in [-0.15, -0.1) is 0 Å². The van der Waals surface area contributed by atoms with Gasteiger partial charge < -0.3 is 5.32 Å². The fraction of sp³-hybridized carbons (Fsp3) is 0.188. The Labute approximate surface area is 124 Å². The predicted octanol–water partition coefficient (Wildman–Crippen LogP) is 2.29. The summed E-state index contributed by atoms with van der Waals surface area (Å²) in [5.41, 5.74) is 0.931. The van der Waals surface area contributed by atoms with Crippen LogP contribution in [-0.4, -0.2) is 19.6 Å². The summed E-state index contributed by atoms with van der Waals surface area (Å²) < 4.78 is 24.2.